The zero-order valence-corrected chi connectivity index (χ0v) is 5.81. The molecular weight excluding hydrogens is 171 g/mol. The number of alkyl halides is 3. The van der Waals surface area contributed by atoms with Crippen molar-refractivity contribution in [2.24, 2.45) is 0 Å². The Bertz CT molecular complexity index is 295. The highest BCUT2D eigenvalue weighted by molar-refractivity contribution is 5.56. The Kier molecular flexibility index (Phi) is 1.87. The fourth-order valence-electron chi connectivity index (χ4n) is 0.722. The SMILES string of the molecule is Nc1cc[c]c(C(F)(F)F)c1O. The van der Waals surface area contributed by atoms with Crippen LogP contribution in [-0.2, 0) is 6.18 Å². The van der Waals surface area contributed by atoms with E-state index in [-0.39, 0.29) is 5.69 Å². The molecule has 1 aromatic carbocycles. The number of nitrogen functional groups attached to an aromatic ring is 1. The summed E-state index contributed by atoms with van der Waals surface area (Å²) in [6.07, 6.45) is -4.61. The normalized spacial score (nSPS) is 11.6. The number of anilines is 1. The van der Waals surface area contributed by atoms with Crippen LogP contribution in [0, 0.1) is 6.07 Å². The van der Waals surface area contributed by atoms with E-state index in [0.29, 0.717) is 0 Å². The maximum atomic E-state index is 12.0. The van der Waals surface area contributed by atoms with Crippen LogP contribution in [0.15, 0.2) is 12.1 Å². The second kappa shape index (κ2) is 2.58. The summed E-state index contributed by atoms with van der Waals surface area (Å²) in [6.45, 7) is 0. The maximum Gasteiger partial charge on any atom is 0.420 e. The van der Waals surface area contributed by atoms with Gasteiger partial charge in [-0.3, -0.25) is 0 Å². The molecule has 0 aliphatic heterocycles. The van der Waals surface area contributed by atoms with E-state index in [9.17, 15) is 13.2 Å². The first-order valence-electron chi connectivity index (χ1n) is 2.99. The van der Waals surface area contributed by atoms with Crippen molar-refractivity contribution in [3.05, 3.63) is 23.8 Å². The molecular formula is C7H5F3NO. The van der Waals surface area contributed by atoms with Gasteiger partial charge in [0.25, 0.3) is 0 Å². The van der Waals surface area contributed by atoms with E-state index in [4.69, 9.17) is 10.8 Å². The Morgan fingerprint density at radius 3 is 2.42 bits per heavy atom. The van der Waals surface area contributed by atoms with Gasteiger partial charge in [0.1, 0.15) is 5.56 Å². The van der Waals surface area contributed by atoms with Crippen molar-refractivity contribution in [2.45, 2.75) is 6.18 Å². The van der Waals surface area contributed by atoms with E-state index >= 15 is 0 Å². The molecule has 3 N–H and O–H groups in total. The van der Waals surface area contributed by atoms with Crippen LogP contribution in [0.2, 0.25) is 0 Å². The van der Waals surface area contributed by atoms with Crippen LogP contribution in [0.1, 0.15) is 5.56 Å². The number of phenols is 1. The molecule has 0 aliphatic carbocycles. The monoisotopic (exact) mass is 176 g/mol. The minimum atomic E-state index is -4.61. The summed E-state index contributed by atoms with van der Waals surface area (Å²) in [7, 11) is 0. The van der Waals surface area contributed by atoms with Gasteiger partial charge >= 0.3 is 6.18 Å². The summed E-state index contributed by atoms with van der Waals surface area (Å²) in [5.74, 6) is -0.968. The van der Waals surface area contributed by atoms with Gasteiger partial charge in [-0.15, -0.1) is 0 Å². The van der Waals surface area contributed by atoms with Crippen LogP contribution in [0.25, 0.3) is 0 Å². The Balaban J connectivity index is 3.26. The summed E-state index contributed by atoms with van der Waals surface area (Å²) in [4.78, 5) is 0. The van der Waals surface area contributed by atoms with Crippen molar-refractivity contribution in [3.8, 4) is 5.75 Å². The highest BCUT2D eigenvalue weighted by Gasteiger charge is 2.34. The largest absolute Gasteiger partial charge is 0.505 e. The van der Waals surface area contributed by atoms with Gasteiger partial charge in [0.15, 0.2) is 5.75 Å². The van der Waals surface area contributed by atoms with Gasteiger partial charge in [-0.05, 0) is 12.1 Å². The first-order valence-corrected chi connectivity index (χ1v) is 2.99. The van der Waals surface area contributed by atoms with E-state index in [0.717, 1.165) is 12.1 Å². The lowest BCUT2D eigenvalue weighted by atomic mass is 10.1. The van der Waals surface area contributed by atoms with Crippen LogP contribution in [0.4, 0.5) is 18.9 Å². The van der Waals surface area contributed by atoms with Crippen LogP contribution in [-0.4, -0.2) is 5.11 Å². The van der Waals surface area contributed by atoms with E-state index in [1.807, 2.05) is 6.07 Å². The Hall–Kier alpha value is -1.39. The van der Waals surface area contributed by atoms with Gasteiger partial charge in [-0.1, -0.05) is 6.07 Å². The number of benzene rings is 1. The molecule has 0 atom stereocenters. The van der Waals surface area contributed by atoms with Crippen molar-refractivity contribution in [2.75, 3.05) is 5.73 Å². The van der Waals surface area contributed by atoms with Gasteiger partial charge in [0.05, 0.1) is 5.69 Å². The van der Waals surface area contributed by atoms with Crippen molar-refractivity contribution in [1.29, 1.82) is 0 Å². The number of aromatic hydroxyl groups is 1. The zero-order valence-electron chi connectivity index (χ0n) is 5.81. The smallest absolute Gasteiger partial charge is 0.420 e. The van der Waals surface area contributed by atoms with Gasteiger partial charge in [-0.25, -0.2) is 0 Å². The third-order valence-electron chi connectivity index (χ3n) is 1.28. The highest BCUT2D eigenvalue weighted by atomic mass is 19.4. The van der Waals surface area contributed by atoms with Gasteiger partial charge < -0.3 is 10.8 Å². The molecule has 0 aromatic heterocycles. The molecule has 0 spiro atoms. The van der Waals surface area contributed by atoms with Gasteiger partial charge in [0, 0.05) is 0 Å². The highest BCUT2D eigenvalue weighted by Crippen LogP contribution is 2.37. The molecule has 2 nitrogen and oxygen atoms in total. The number of halogens is 3. The van der Waals surface area contributed by atoms with Gasteiger partial charge in [-0.2, -0.15) is 13.2 Å². The average Bonchev–Trinajstić information content (AvgIpc) is 1.92. The summed E-state index contributed by atoms with van der Waals surface area (Å²) in [5, 5.41) is 8.86. The molecule has 0 amide bonds. The number of phenolic OH excluding ortho intramolecular Hbond substituents is 1. The molecule has 0 aliphatic rings. The predicted octanol–water partition coefficient (Wildman–Crippen LogP) is 1.79. The molecule has 0 saturated carbocycles. The minimum absolute atomic E-state index is 0.305. The Labute approximate surface area is 66.4 Å². The Morgan fingerprint density at radius 2 is 2.00 bits per heavy atom. The zero-order chi connectivity index (χ0) is 9.35. The van der Waals surface area contributed by atoms with E-state index in [1.54, 1.807) is 0 Å². The fraction of sp³-hybridized carbons (Fsp3) is 0.143. The molecule has 65 valence electrons. The summed E-state index contributed by atoms with van der Waals surface area (Å²) < 4.78 is 35.9. The van der Waals surface area contributed by atoms with Crippen molar-refractivity contribution in [3.63, 3.8) is 0 Å². The van der Waals surface area contributed by atoms with E-state index in [2.05, 4.69) is 0 Å². The summed E-state index contributed by atoms with van der Waals surface area (Å²) >= 11 is 0. The summed E-state index contributed by atoms with van der Waals surface area (Å²) in [6, 6.07) is 4.02. The number of nitrogens with two attached hydrogens (primary N) is 1. The van der Waals surface area contributed by atoms with Crippen LogP contribution < -0.4 is 5.73 Å². The van der Waals surface area contributed by atoms with Crippen molar-refractivity contribution >= 4 is 5.69 Å². The second-order valence-corrected chi connectivity index (χ2v) is 2.15. The van der Waals surface area contributed by atoms with E-state index in [1.165, 1.54) is 0 Å². The third-order valence-corrected chi connectivity index (χ3v) is 1.28. The first kappa shape index (κ1) is 8.70. The van der Waals surface area contributed by atoms with Crippen molar-refractivity contribution in [1.82, 2.24) is 0 Å². The lowest BCUT2D eigenvalue weighted by Gasteiger charge is -2.08. The molecule has 1 rings (SSSR count). The molecule has 0 heterocycles. The molecule has 0 unspecified atom stereocenters. The average molecular weight is 176 g/mol. The van der Waals surface area contributed by atoms with Crippen molar-refractivity contribution < 1.29 is 18.3 Å². The van der Waals surface area contributed by atoms with E-state index < -0.39 is 17.5 Å². The second-order valence-electron chi connectivity index (χ2n) is 2.15. The molecule has 0 bridgehead atoms. The molecule has 5 heteroatoms. The molecule has 12 heavy (non-hydrogen) atoms. The van der Waals surface area contributed by atoms with Crippen LogP contribution in [0.3, 0.4) is 0 Å². The standard InChI is InChI=1S/C7H5F3NO/c8-7(9,10)4-2-1-3-5(11)6(4)12/h1,3,12H,11H2. The van der Waals surface area contributed by atoms with Gasteiger partial charge in [0.2, 0.25) is 0 Å². The summed E-state index contributed by atoms with van der Waals surface area (Å²) in [5.41, 5.74) is 3.51. The number of hydrogen-bond acceptors (Lipinski definition) is 2. The molecule has 0 fully saturated rings. The quantitative estimate of drug-likeness (QED) is 0.467. The minimum Gasteiger partial charge on any atom is -0.505 e. The molecule has 1 radical (unpaired) electrons. The molecule has 1 aromatic rings. The predicted molar refractivity (Wildman–Crippen MR) is 36.4 cm³/mol. The fourth-order valence-corrected chi connectivity index (χ4v) is 0.722. The first-order chi connectivity index (χ1) is 5.43. The van der Waals surface area contributed by atoms with Crippen LogP contribution >= 0.6 is 0 Å². The molecule has 0 saturated heterocycles. The third kappa shape index (κ3) is 1.44. The Morgan fingerprint density at radius 1 is 1.42 bits per heavy atom. The van der Waals surface area contributed by atoms with Crippen LogP contribution in [0.5, 0.6) is 5.75 Å². The lowest BCUT2D eigenvalue weighted by Crippen LogP contribution is -2.06. The number of hydrogen-bond donors (Lipinski definition) is 2. The lowest BCUT2D eigenvalue weighted by molar-refractivity contribution is -0.138. The number of rotatable bonds is 0. The maximum absolute atomic E-state index is 12.0. The topological polar surface area (TPSA) is 46.2 Å².